The van der Waals surface area contributed by atoms with Gasteiger partial charge in [0.05, 0.1) is 0 Å². The van der Waals surface area contributed by atoms with Crippen molar-refractivity contribution in [3.05, 3.63) is 34.2 Å². The molecule has 0 unspecified atom stereocenters. The summed E-state index contributed by atoms with van der Waals surface area (Å²) >= 11 is 0. The maximum absolute atomic E-state index is 11.1. The lowest BCUT2D eigenvalue weighted by molar-refractivity contribution is 0.225. The van der Waals surface area contributed by atoms with Crippen LogP contribution in [0.3, 0.4) is 0 Å². The fourth-order valence-corrected chi connectivity index (χ4v) is 2.44. The Bertz CT molecular complexity index is 396. The van der Waals surface area contributed by atoms with Crippen molar-refractivity contribution in [1.29, 1.82) is 0 Å². The number of nitrogens with zero attached hydrogens (tertiary/aromatic N) is 1. The highest BCUT2D eigenvalue weighted by atomic mass is 16.1. The third kappa shape index (κ3) is 4.63. The number of aromatic nitrogens is 1. The molecule has 0 radical (unpaired) electrons. The number of pyridine rings is 1. The second kappa shape index (κ2) is 7.34. The third-order valence-electron chi connectivity index (χ3n) is 3.45. The lowest BCUT2D eigenvalue weighted by atomic mass is 10.1. The van der Waals surface area contributed by atoms with Crippen molar-refractivity contribution in [3.8, 4) is 0 Å². The number of likely N-dealkylation sites (tertiary alicyclic amines) is 1. The summed E-state index contributed by atoms with van der Waals surface area (Å²) in [7, 11) is 0. The summed E-state index contributed by atoms with van der Waals surface area (Å²) in [4.78, 5) is 16.3. The molecule has 0 aliphatic carbocycles. The van der Waals surface area contributed by atoms with Crippen molar-refractivity contribution < 1.29 is 0 Å². The number of nitrogens with one attached hydrogen (secondary N) is 2. The lowest BCUT2D eigenvalue weighted by Crippen LogP contribution is -2.32. The van der Waals surface area contributed by atoms with Crippen LogP contribution in [0, 0.1) is 0 Å². The molecule has 1 aromatic rings. The van der Waals surface area contributed by atoms with E-state index < -0.39 is 0 Å². The Kier molecular flexibility index (Phi) is 5.42. The molecule has 2 heterocycles. The van der Waals surface area contributed by atoms with Gasteiger partial charge in [0.15, 0.2) is 0 Å². The molecule has 2 rings (SSSR count). The summed E-state index contributed by atoms with van der Waals surface area (Å²) < 4.78 is 0. The minimum Gasteiger partial charge on any atom is -0.329 e. The van der Waals surface area contributed by atoms with Crippen LogP contribution in [0.15, 0.2) is 23.1 Å². The van der Waals surface area contributed by atoms with E-state index in [0.29, 0.717) is 0 Å². The van der Waals surface area contributed by atoms with Crippen molar-refractivity contribution in [2.24, 2.45) is 0 Å². The largest absolute Gasteiger partial charge is 0.329 e. The van der Waals surface area contributed by atoms with E-state index in [1.807, 2.05) is 6.07 Å². The summed E-state index contributed by atoms with van der Waals surface area (Å²) in [5.74, 6) is 0. The minimum absolute atomic E-state index is 0.0254. The molecule has 1 fully saturated rings. The number of aromatic amines is 1. The number of hydrogen-bond donors (Lipinski definition) is 2. The van der Waals surface area contributed by atoms with E-state index >= 15 is 0 Å². The molecule has 1 aliphatic rings. The van der Waals surface area contributed by atoms with Gasteiger partial charge in [-0.3, -0.25) is 4.79 Å². The molecular formula is C14H23N3O. The zero-order chi connectivity index (χ0) is 12.6. The molecule has 18 heavy (non-hydrogen) atoms. The summed E-state index contributed by atoms with van der Waals surface area (Å²) in [6.07, 6.45) is 7.01. The molecule has 0 bridgehead atoms. The Labute approximate surface area is 108 Å². The van der Waals surface area contributed by atoms with Gasteiger partial charge in [-0.1, -0.05) is 6.42 Å². The predicted octanol–water partition coefficient (Wildman–Crippen LogP) is 1.34. The quantitative estimate of drug-likeness (QED) is 0.748. The second-order valence-corrected chi connectivity index (χ2v) is 4.99. The van der Waals surface area contributed by atoms with Crippen molar-refractivity contribution in [3.63, 3.8) is 0 Å². The van der Waals surface area contributed by atoms with Crippen LogP contribution in [-0.2, 0) is 6.54 Å². The number of hydrogen-bond acceptors (Lipinski definition) is 3. The van der Waals surface area contributed by atoms with Gasteiger partial charge in [-0.05, 0) is 57.1 Å². The Morgan fingerprint density at radius 2 is 2.11 bits per heavy atom. The highest BCUT2D eigenvalue weighted by Gasteiger charge is 2.08. The van der Waals surface area contributed by atoms with Gasteiger partial charge in [-0.2, -0.15) is 0 Å². The molecule has 100 valence electrons. The van der Waals surface area contributed by atoms with E-state index in [9.17, 15) is 4.79 Å². The maximum atomic E-state index is 11.1. The van der Waals surface area contributed by atoms with Crippen molar-refractivity contribution in [2.45, 2.75) is 32.2 Å². The first kappa shape index (κ1) is 13.3. The summed E-state index contributed by atoms with van der Waals surface area (Å²) in [6.45, 7) is 5.54. The van der Waals surface area contributed by atoms with Gasteiger partial charge in [0.1, 0.15) is 0 Å². The van der Waals surface area contributed by atoms with Crippen molar-refractivity contribution in [1.82, 2.24) is 15.2 Å². The summed E-state index contributed by atoms with van der Waals surface area (Å²) in [5.41, 5.74) is 1.03. The molecule has 0 atom stereocenters. The van der Waals surface area contributed by atoms with Gasteiger partial charge in [-0.25, -0.2) is 0 Å². The van der Waals surface area contributed by atoms with E-state index in [1.165, 1.54) is 45.3 Å². The van der Waals surface area contributed by atoms with Gasteiger partial charge >= 0.3 is 0 Å². The monoisotopic (exact) mass is 249 g/mol. The van der Waals surface area contributed by atoms with Gasteiger partial charge in [0.2, 0.25) is 5.56 Å². The SMILES string of the molecule is O=c1cc(CNCCCN2CCCCC2)cc[nH]1. The standard InChI is InChI=1S/C14H23N3O/c18-14-11-13(5-7-16-14)12-15-6-4-10-17-8-2-1-3-9-17/h5,7,11,15H,1-4,6,8-10,12H2,(H,16,18). The molecule has 1 saturated heterocycles. The molecule has 2 N–H and O–H groups in total. The number of H-pyrrole nitrogens is 1. The van der Waals surface area contributed by atoms with Crippen molar-refractivity contribution in [2.75, 3.05) is 26.2 Å². The van der Waals surface area contributed by atoms with Crippen LogP contribution < -0.4 is 10.9 Å². The Balaban J connectivity index is 1.57. The normalized spacial score (nSPS) is 16.9. The zero-order valence-corrected chi connectivity index (χ0v) is 11.0. The second-order valence-electron chi connectivity index (χ2n) is 4.99. The predicted molar refractivity (Wildman–Crippen MR) is 73.7 cm³/mol. The average molecular weight is 249 g/mol. The van der Waals surface area contributed by atoms with E-state index in [2.05, 4.69) is 15.2 Å². The van der Waals surface area contributed by atoms with Crippen LogP contribution in [0.1, 0.15) is 31.2 Å². The van der Waals surface area contributed by atoms with Crippen LogP contribution in [0.4, 0.5) is 0 Å². The van der Waals surface area contributed by atoms with E-state index in [4.69, 9.17) is 0 Å². The van der Waals surface area contributed by atoms with Gasteiger partial charge in [-0.15, -0.1) is 0 Å². The topological polar surface area (TPSA) is 48.1 Å². The molecule has 4 nitrogen and oxygen atoms in total. The molecular weight excluding hydrogens is 226 g/mol. The number of rotatable bonds is 6. The van der Waals surface area contributed by atoms with E-state index in [-0.39, 0.29) is 5.56 Å². The molecule has 0 saturated carbocycles. The molecule has 0 aromatic carbocycles. The van der Waals surface area contributed by atoms with Crippen LogP contribution >= 0.6 is 0 Å². The van der Waals surface area contributed by atoms with Crippen LogP contribution in [0.5, 0.6) is 0 Å². The molecule has 1 aromatic heterocycles. The molecule has 4 heteroatoms. The Morgan fingerprint density at radius 1 is 1.28 bits per heavy atom. The molecule has 0 amide bonds. The molecule has 1 aliphatic heterocycles. The average Bonchev–Trinajstić information content (AvgIpc) is 2.40. The van der Waals surface area contributed by atoms with Crippen LogP contribution in [0.25, 0.3) is 0 Å². The van der Waals surface area contributed by atoms with Crippen LogP contribution in [0.2, 0.25) is 0 Å². The highest BCUT2D eigenvalue weighted by molar-refractivity contribution is 5.09. The lowest BCUT2D eigenvalue weighted by Gasteiger charge is -2.26. The van der Waals surface area contributed by atoms with Gasteiger partial charge in [0, 0.05) is 18.8 Å². The van der Waals surface area contributed by atoms with E-state index in [1.54, 1.807) is 12.3 Å². The minimum atomic E-state index is -0.0254. The fraction of sp³-hybridized carbons (Fsp3) is 0.643. The number of piperidine rings is 1. The fourth-order valence-electron chi connectivity index (χ4n) is 2.44. The van der Waals surface area contributed by atoms with Crippen LogP contribution in [-0.4, -0.2) is 36.1 Å². The van der Waals surface area contributed by atoms with E-state index in [0.717, 1.165) is 18.7 Å². The Hall–Kier alpha value is -1.13. The Morgan fingerprint density at radius 3 is 2.89 bits per heavy atom. The summed E-state index contributed by atoms with van der Waals surface area (Å²) in [5, 5.41) is 3.39. The first-order valence-corrected chi connectivity index (χ1v) is 6.95. The first-order chi connectivity index (χ1) is 8.84. The molecule has 0 spiro atoms. The first-order valence-electron chi connectivity index (χ1n) is 6.95. The van der Waals surface area contributed by atoms with Gasteiger partial charge < -0.3 is 15.2 Å². The van der Waals surface area contributed by atoms with Crippen molar-refractivity contribution >= 4 is 0 Å². The highest BCUT2D eigenvalue weighted by Crippen LogP contribution is 2.08. The summed E-state index contributed by atoms with van der Waals surface area (Å²) in [6, 6.07) is 3.59. The maximum Gasteiger partial charge on any atom is 0.248 e. The third-order valence-corrected chi connectivity index (χ3v) is 3.45. The van der Waals surface area contributed by atoms with Gasteiger partial charge in [0.25, 0.3) is 0 Å². The zero-order valence-electron chi connectivity index (χ0n) is 11.0. The smallest absolute Gasteiger partial charge is 0.248 e.